The molecule has 0 aliphatic rings. The lowest BCUT2D eigenvalue weighted by Crippen LogP contribution is -2.24. The van der Waals surface area contributed by atoms with Crippen LogP contribution in [0.2, 0.25) is 25.7 Å². The van der Waals surface area contributed by atoms with E-state index in [4.69, 9.17) is 18.6 Å². The topological polar surface area (TPSA) is 86.7 Å². The summed E-state index contributed by atoms with van der Waals surface area (Å²) in [6, 6.07) is 18.5. The molecule has 38 heavy (non-hydrogen) atoms. The monoisotopic (exact) mass is 548 g/mol. The predicted molar refractivity (Wildman–Crippen MR) is 153 cm³/mol. The summed E-state index contributed by atoms with van der Waals surface area (Å²) in [6.07, 6.45) is 5.16. The number of aromatic nitrogens is 2. The Morgan fingerprint density at radius 1 is 1.13 bits per heavy atom. The van der Waals surface area contributed by atoms with Crippen LogP contribution < -0.4 is 0 Å². The van der Waals surface area contributed by atoms with Crippen molar-refractivity contribution in [1.82, 2.24) is 9.55 Å². The standard InChI is InChI=1S/C29H36N2O5Si2/c1-38(2,3)17-16-34-21-31-19-26(23-11-12-27-24(18-23)13-15-35-27)30-28(31)10-7-14-36-37-29(33)25(20-32)22-8-5-4-6-9-22/h4-6,8-9,11-13,15,18-19,25,32H,7,10,14,16-17,20-21H2,1-3H3. The number of furan rings is 1. The summed E-state index contributed by atoms with van der Waals surface area (Å²) in [6.45, 7) is 8.45. The molecule has 7 nitrogen and oxygen atoms in total. The largest absolute Gasteiger partial charge is 0.464 e. The first-order chi connectivity index (χ1) is 18.3. The Morgan fingerprint density at radius 2 is 1.95 bits per heavy atom. The number of carbonyl (C=O) groups excluding carboxylic acids is 1. The molecule has 0 saturated heterocycles. The van der Waals surface area contributed by atoms with Gasteiger partial charge in [0.25, 0.3) is 0 Å². The smallest absolute Gasteiger partial charge is 0.316 e. The van der Waals surface area contributed by atoms with Crippen LogP contribution in [-0.4, -0.2) is 57.7 Å². The number of rotatable bonds is 15. The maximum atomic E-state index is 12.6. The van der Waals surface area contributed by atoms with Gasteiger partial charge in [-0.25, -0.2) is 4.98 Å². The minimum absolute atomic E-state index is 0.0899. The summed E-state index contributed by atoms with van der Waals surface area (Å²) in [5, 5.41) is 10.7. The number of aliphatic hydroxyl groups is 1. The second-order valence-corrected chi connectivity index (χ2v) is 17.2. The van der Waals surface area contributed by atoms with Crippen LogP contribution >= 0.6 is 0 Å². The van der Waals surface area contributed by atoms with Crippen molar-refractivity contribution in [3.63, 3.8) is 0 Å². The van der Waals surface area contributed by atoms with Gasteiger partial charge in [0.2, 0.25) is 0 Å². The number of carbonyl (C=O) groups is 1. The van der Waals surface area contributed by atoms with Crippen molar-refractivity contribution in [1.29, 1.82) is 0 Å². The molecule has 2 aromatic heterocycles. The molecule has 0 saturated carbocycles. The number of aryl methyl sites for hydroxylation is 1. The second-order valence-electron chi connectivity index (χ2n) is 10.6. The molecule has 0 bridgehead atoms. The van der Waals surface area contributed by atoms with E-state index in [1.807, 2.05) is 54.7 Å². The van der Waals surface area contributed by atoms with Gasteiger partial charge in [-0.15, -0.1) is 0 Å². The molecular weight excluding hydrogens is 513 g/mol. The van der Waals surface area contributed by atoms with Crippen molar-refractivity contribution in [2.75, 3.05) is 19.8 Å². The normalized spacial score (nSPS) is 12.7. The van der Waals surface area contributed by atoms with Gasteiger partial charge in [0.1, 0.15) is 18.1 Å². The number of hydrogen-bond acceptors (Lipinski definition) is 6. The highest BCUT2D eigenvalue weighted by Crippen LogP contribution is 2.25. The quantitative estimate of drug-likeness (QED) is 0.156. The predicted octanol–water partition coefficient (Wildman–Crippen LogP) is 5.48. The van der Waals surface area contributed by atoms with Crippen LogP contribution in [0, 0.1) is 0 Å². The molecule has 2 heterocycles. The van der Waals surface area contributed by atoms with Crippen molar-refractivity contribution in [3.8, 4) is 11.3 Å². The van der Waals surface area contributed by atoms with Crippen LogP contribution in [0.5, 0.6) is 0 Å². The Bertz CT molecular complexity index is 1310. The fraction of sp³-hybridized carbons (Fsp3) is 0.379. The molecule has 2 radical (unpaired) electrons. The molecule has 1 N–H and O–H groups in total. The fourth-order valence-electron chi connectivity index (χ4n) is 4.09. The first-order valence-corrected chi connectivity index (χ1v) is 17.6. The lowest BCUT2D eigenvalue weighted by molar-refractivity contribution is -0.115. The molecule has 0 spiro atoms. The van der Waals surface area contributed by atoms with Crippen molar-refractivity contribution >= 4 is 34.2 Å². The van der Waals surface area contributed by atoms with E-state index in [0.717, 1.165) is 52.7 Å². The molecule has 1 atom stereocenters. The first-order valence-electron chi connectivity index (χ1n) is 13.0. The highest BCUT2D eigenvalue weighted by atomic mass is 28.3. The van der Waals surface area contributed by atoms with E-state index in [1.54, 1.807) is 6.26 Å². The molecular formula is C29H36N2O5Si2. The maximum Gasteiger partial charge on any atom is 0.316 e. The number of benzene rings is 2. The van der Waals surface area contributed by atoms with E-state index in [0.29, 0.717) is 19.8 Å². The molecule has 200 valence electrons. The molecule has 0 aliphatic heterocycles. The van der Waals surface area contributed by atoms with Crippen molar-refractivity contribution in [3.05, 3.63) is 78.4 Å². The van der Waals surface area contributed by atoms with Crippen molar-refractivity contribution in [2.45, 2.75) is 51.2 Å². The Balaban J connectivity index is 1.35. The molecule has 2 aromatic carbocycles. The Hall–Kier alpha value is -2.83. The van der Waals surface area contributed by atoms with E-state index in [1.165, 1.54) is 0 Å². The summed E-state index contributed by atoms with van der Waals surface area (Å²) in [5.41, 5.74) is 3.59. The third-order valence-corrected chi connectivity index (χ3v) is 8.96. The van der Waals surface area contributed by atoms with Gasteiger partial charge < -0.3 is 28.0 Å². The zero-order chi connectivity index (χ0) is 27.0. The van der Waals surface area contributed by atoms with Gasteiger partial charge in [0, 0.05) is 44.9 Å². The summed E-state index contributed by atoms with van der Waals surface area (Å²) in [5.74, 6) is 0.382. The highest BCUT2D eigenvalue weighted by Gasteiger charge is 2.21. The van der Waals surface area contributed by atoms with Gasteiger partial charge in [-0.3, -0.25) is 0 Å². The third-order valence-electron chi connectivity index (χ3n) is 6.35. The fourth-order valence-corrected chi connectivity index (χ4v) is 5.64. The van der Waals surface area contributed by atoms with Crippen molar-refractivity contribution < 1.29 is 23.5 Å². The number of ether oxygens (including phenoxy) is 1. The van der Waals surface area contributed by atoms with Gasteiger partial charge >= 0.3 is 9.76 Å². The molecule has 1 unspecified atom stereocenters. The van der Waals surface area contributed by atoms with Crippen LogP contribution in [0.15, 0.2) is 71.5 Å². The second kappa shape index (κ2) is 13.3. The van der Waals surface area contributed by atoms with E-state index in [9.17, 15) is 9.90 Å². The summed E-state index contributed by atoms with van der Waals surface area (Å²) in [7, 11) is -1.47. The van der Waals surface area contributed by atoms with Gasteiger partial charge in [-0.05, 0) is 42.3 Å². The lowest BCUT2D eigenvalue weighted by Gasteiger charge is -2.16. The van der Waals surface area contributed by atoms with Crippen LogP contribution in [0.3, 0.4) is 0 Å². The van der Waals surface area contributed by atoms with Gasteiger partial charge in [0.15, 0.2) is 5.41 Å². The molecule has 0 aliphatic carbocycles. The van der Waals surface area contributed by atoms with Crippen LogP contribution in [0.4, 0.5) is 0 Å². The summed E-state index contributed by atoms with van der Waals surface area (Å²) in [4.78, 5) is 17.5. The number of imidazole rings is 1. The number of nitrogens with zero attached hydrogens (tertiary/aromatic N) is 2. The maximum absolute atomic E-state index is 12.6. The van der Waals surface area contributed by atoms with Crippen LogP contribution in [0.1, 0.15) is 23.7 Å². The van der Waals surface area contributed by atoms with Gasteiger partial charge in [-0.1, -0.05) is 50.0 Å². The average molecular weight is 549 g/mol. The molecule has 4 aromatic rings. The van der Waals surface area contributed by atoms with E-state index in [-0.39, 0.29) is 21.8 Å². The minimum atomic E-state index is -1.17. The zero-order valence-corrected chi connectivity index (χ0v) is 24.4. The summed E-state index contributed by atoms with van der Waals surface area (Å²) >= 11 is 0. The Morgan fingerprint density at radius 3 is 2.71 bits per heavy atom. The molecule has 0 amide bonds. The first kappa shape index (κ1) is 28.2. The molecule has 4 rings (SSSR count). The van der Waals surface area contributed by atoms with Gasteiger partial charge in [-0.2, -0.15) is 0 Å². The average Bonchev–Trinajstić information content (AvgIpc) is 3.53. The zero-order valence-electron chi connectivity index (χ0n) is 22.4. The minimum Gasteiger partial charge on any atom is -0.464 e. The Labute approximate surface area is 227 Å². The van der Waals surface area contributed by atoms with Crippen molar-refractivity contribution in [2.24, 2.45) is 0 Å². The number of aliphatic hydroxyl groups excluding tert-OH is 1. The SMILES string of the molecule is C[Si](C)(C)CCOCn1cc(-c2ccc3occc3c2)nc1CCCO[Si]C(=O)C(CO)c1ccccc1. The van der Waals surface area contributed by atoms with E-state index >= 15 is 0 Å². The molecule has 0 fully saturated rings. The third kappa shape index (κ3) is 7.84. The number of hydrogen-bond donors (Lipinski definition) is 1. The van der Waals surface area contributed by atoms with Crippen LogP contribution in [-0.2, 0) is 27.1 Å². The Kier molecular flexibility index (Phi) is 9.87. The van der Waals surface area contributed by atoms with Gasteiger partial charge in [0.05, 0.1) is 24.5 Å². The number of fused-ring (bicyclic) bond motifs is 1. The van der Waals surface area contributed by atoms with Crippen LogP contribution in [0.25, 0.3) is 22.2 Å². The van der Waals surface area contributed by atoms with E-state index in [2.05, 4.69) is 30.3 Å². The highest BCUT2D eigenvalue weighted by molar-refractivity contribution is 6.76. The summed E-state index contributed by atoms with van der Waals surface area (Å²) < 4.78 is 19.3. The lowest BCUT2D eigenvalue weighted by atomic mass is 10.0. The molecule has 9 heteroatoms. The van der Waals surface area contributed by atoms with E-state index < -0.39 is 14.0 Å².